The summed E-state index contributed by atoms with van der Waals surface area (Å²) in [5.74, 6) is -1.00. The van der Waals surface area contributed by atoms with Crippen LogP contribution in [0.4, 0.5) is 17.6 Å². The van der Waals surface area contributed by atoms with Crippen molar-refractivity contribution in [2.45, 2.75) is 19.1 Å². The molecule has 0 bridgehead atoms. The first-order valence-corrected chi connectivity index (χ1v) is 7.48. The minimum absolute atomic E-state index is 0.000173. The topological polar surface area (TPSA) is 34.9 Å². The smallest absolute Gasteiger partial charge is 0.338 e. The quantitative estimate of drug-likeness (QED) is 0.525. The molecule has 3 nitrogen and oxygen atoms in total. The van der Waals surface area contributed by atoms with E-state index in [0.29, 0.717) is 10.4 Å². The van der Waals surface area contributed by atoms with Gasteiger partial charge in [-0.1, -0.05) is 0 Å². The first-order valence-electron chi connectivity index (χ1n) is 6.60. The number of thiazole rings is 1. The Kier molecular flexibility index (Phi) is 3.93. The Morgan fingerprint density at radius 3 is 2.74 bits per heavy atom. The molecule has 0 fully saturated rings. The Morgan fingerprint density at radius 2 is 2.09 bits per heavy atom. The van der Waals surface area contributed by atoms with Crippen molar-refractivity contribution in [1.29, 1.82) is 0 Å². The lowest BCUT2D eigenvalue weighted by Crippen LogP contribution is -2.17. The van der Waals surface area contributed by atoms with Crippen molar-refractivity contribution in [2.75, 3.05) is 0 Å². The molecule has 2 aromatic heterocycles. The Bertz CT molecular complexity index is 852. The monoisotopic (exact) mass is 342 g/mol. The van der Waals surface area contributed by atoms with Crippen molar-refractivity contribution < 1.29 is 22.4 Å². The van der Waals surface area contributed by atoms with Crippen LogP contribution in [-0.4, -0.2) is 21.5 Å². The van der Waals surface area contributed by atoms with Gasteiger partial charge >= 0.3 is 6.18 Å². The van der Waals surface area contributed by atoms with Gasteiger partial charge in [-0.05, 0) is 18.2 Å². The highest BCUT2D eigenvalue weighted by Crippen LogP contribution is 2.27. The highest BCUT2D eigenvalue weighted by molar-refractivity contribution is 7.09. The maximum absolute atomic E-state index is 13.4. The minimum Gasteiger partial charge on any atom is -0.338 e. The molecule has 0 saturated heterocycles. The summed E-state index contributed by atoms with van der Waals surface area (Å²) >= 11 is 1.29. The van der Waals surface area contributed by atoms with Gasteiger partial charge in [0.15, 0.2) is 5.78 Å². The fourth-order valence-corrected chi connectivity index (χ4v) is 3.00. The summed E-state index contributed by atoms with van der Waals surface area (Å²) < 4.78 is 52.3. The zero-order valence-corrected chi connectivity index (χ0v) is 12.4. The molecule has 0 N–H and O–H groups in total. The number of hydrogen-bond donors (Lipinski definition) is 0. The van der Waals surface area contributed by atoms with E-state index in [-0.39, 0.29) is 23.3 Å². The second kappa shape index (κ2) is 5.77. The van der Waals surface area contributed by atoms with Crippen molar-refractivity contribution in [3.8, 4) is 0 Å². The average Bonchev–Trinajstić information content (AvgIpc) is 3.06. The molecule has 2 heterocycles. The van der Waals surface area contributed by atoms with Gasteiger partial charge in [0.2, 0.25) is 0 Å². The van der Waals surface area contributed by atoms with Gasteiger partial charge in [0, 0.05) is 28.7 Å². The van der Waals surface area contributed by atoms with Gasteiger partial charge in [-0.15, -0.1) is 11.3 Å². The average molecular weight is 342 g/mol. The summed E-state index contributed by atoms with van der Waals surface area (Å²) in [5.41, 5.74) is 0.185. The lowest BCUT2D eigenvalue weighted by molar-refractivity contribution is -0.139. The summed E-state index contributed by atoms with van der Waals surface area (Å²) in [6, 6.07) is 3.45. The van der Waals surface area contributed by atoms with Crippen LogP contribution in [0.3, 0.4) is 0 Å². The number of carbonyl (C=O) groups is 1. The number of ketones is 1. The van der Waals surface area contributed by atoms with Crippen LogP contribution in [0.5, 0.6) is 0 Å². The van der Waals surface area contributed by atoms with Crippen LogP contribution in [0.1, 0.15) is 15.4 Å². The molecule has 8 heteroatoms. The second-order valence-electron chi connectivity index (χ2n) is 4.97. The van der Waals surface area contributed by atoms with Gasteiger partial charge in [0.05, 0.1) is 11.9 Å². The van der Waals surface area contributed by atoms with Gasteiger partial charge in [-0.25, -0.2) is 9.37 Å². The molecule has 0 spiro atoms. The molecule has 0 aliphatic rings. The zero-order valence-electron chi connectivity index (χ0n) is 11.6. The summed E-state index contributed by atoms with van der Waals surface area (Å²) in [5, 5.41) is 2.59. The van der Waals surface area contributed by atoms with Crippen LogP contribution in [0.25, 0.3) is 10.9 Å². The molecule has 0 unspecified atom stereocenters. The fourth-order valence-electron chi connectivity index (χ4n) is 2.38. The molecule has 0 amide bonds. The summed E-state index contributed by atoms with van der Waals surface area (Å²) in [6.07, 6.45) is -1.78. The molecule has 3 aromatic rings. The van der Waals surface area contributed by atoms with Gasteiger partial charge in [-0.3, -0.25) is 4.79 Å². The molecule has 0 atom stereocenters. The van der Waals surface area contributed by atoms with Crippen LogP contribution in [-0.2, 0) is 13.0 Å². The summed E-state index contributed by atoms with van der Waals surface area (Å²) in [6.45, 7) is -1.28. The Balaban J connectivity index is 2.04. The number of benzene rings is 1. The van der Waals surface area contributed by atoms with Gasteiger partial charge in [0.1, 0.15) is 17.4 Å². The van der Waals surface area contributed by atoms with E-state index in [0.717, 1.165) is 22.9 Å². The molecular weight excluding hydrogens is 332 g/mol. The standard InChI is InChI=1S/C15H10F4N2OS/c16-9-1-2-10-11(13(22)6-14-20-3-4-23-14)7-21(12(10)5-9)8-15(17,18)19/h1-5,7H,6,8H2. The molecule has 0 radical (unpaired) electrons. The number of carbonyl (C=O) groups excluding carboxylic acids is 1. The van der Waals surface area contributed by atoms with Crippen LogP contribution in [0.15, 0.2) is 36.0 Å². The van der Waals surface area contributed by atoms with Crippen LogP contribution in [0, 0.1) is 5.82 Å². The maximum Gasteiger partial charge on any atom is 0.406 e. The lowest BCUT2D eigenvalue weighted by Gasteiger charge is -2.08. The van der Waals surface area contributed by atoms with Crippen LogP contribution in [0.2, 0.25) is 0 Å². The molecule has 0 aliphatic carbocycles. The first-order chi connectivity index (χ1) is 10.8. The largest absolute Gasteiger partial charge is 0.406 e. The van der Waals surface area contributed by atoms with E-state index in [2.05, 4.69) is 4.98 Å². The number of Topliss-reactive ketones (excluding diaryl/α,β-unsaturated/α-hetero) is 1. The number of rotatable bonds is 4. The third-order valence-corrected chi connectivity index (χ3v) is 4.07. The predicted octanol–water partition coefficient (Wildman–Crippen LogP) is 4.22. The number of nitrogens with zero attached hydrogens (tertiary/aromatic N) is 2. The highest BCUT2D eigenvalue weighted by Gasteiger charge is 2.29. The predicted molar refractivity (Wildman–Crippen MR) is 78.1 cm³/mol. The normalized spacial score (nSPS) is 12.0. The van der Waals surface area contributed by atoms with Crippen molar-refractivity contribution in [2.24, 2.45) is 0 Å². The second-order valence-corrected chi connectivity index (χ2v) is 5.95. The first kappa shape index (κ1) is 15.7. The molecule has 23 heavy (non-hydrogen) atoms. The van der Waals surface area contributed by atoms with Crippen LogP contribution >= 0.6 is 11.3 Å². The van der Waals surface area contributed by atoms with E-state index in [4.69, 9.17) is 0 Å². The summed E-state index contributed by atoms with van der Waals surface area (Å²) in [7, 11) is 0. The number of fused-ring (bicyclic) bond motifs is 1. The summed E-state index contributed by atoms with van der Waals surface area (Å²) in [4.78, 5) is 16.4. The molecule has 1 aromatic carbocycles. The number of hydrogen-bond acceptors (Lipinski definition) is 3. The van der Waals surface area contributed by atoms with Gasteiger partial charge in [-0.2, -0.15) is 13.2 Å². The number of halogens is 4. The van der Waals surface area contributed by atoms with Crippen molar-refractivity contribution in [3.63, 3.8) is 0 Å². The van der Waals surface area contributed by atoms with E-state index in [1.165, 1.54) is 17.4 Å². The molecule has 0 saturated carbocycles. The lowest BCUT2D eigenvalue weighted by atomic mass is 10.1. The Morgan fingerprint density at radius 1 is 1.30 bits per heavy atom. The Labute approximate surface area is 132 Å². The number of alkyl halides is 3. The van der Waals surface area contributed by atoms with E-state index in [9.17, 15) is 22.4 Å². The third-order valence-electron chi connectivity index (χ3n) is 3.29. The van der Waals surface area contributed by atoms with E-state index in [1.54, 1.807) is 11.6 Å². The van der Waals surface area contributed by atoms with E-state index < -0.39 is 18.5 Å². The molecular formula is C15H10F4N2OS. The minimum atomic E-state index is -4.46. The van der Waals surface area contributed by atoms with Gasteiger partial charge in [0.25, 0.3) is 0 Å². The van der Waals surface area contributed by atoms with Gasteiger partial charge < -0.3 is 4.57 Å². The van der Waals surface area contributed by atoms with Crippen molar-refractivity contribution in [1.82, 2.24) is 9.55 Å². The zero-order chi connectivity index (χ0) is 16.6. The SMILES string of the molecule is O=C(Cc1nccs1)c1cn(CC(F)(F)F)c2cc(F)ccc12. The molecule has 3 rings (SSSR count). The Hall–Kier alpha value is -2.22. The van der Waals surface area contributed by atoms with E-state index >= 15 is 0 Å². The molecule has 120 valence electrons. The van der Waals surface area contributed by atoms with E-state index in [1.807, 2.05) is 0 Å². The number of aromatic nitrogens is 2. The maximum atomic E-state index is 13.4. The van der Waals surface area contributed by atoms with Crippen molar-refractivity contribution >= 4 is 28.0 Å². The van der Waals surface area contributed by atoms with Crippen LogP contribution < -0.4 is 0 Å². The fraction of sp³-hybridized carbons (Fsp3) is 0.200. The third kappa shape index (κ3) is 3.42. The molecule has 0 aliphatic heterocycles. The highest BCUT2D eigenvalue weighted by atomic mass is 32.1. The van der Waals surface area contributed by atoms with Crippen molar-refractivity contribution in [3.05, 3.63) is 52.4 Å².